The number of piperazine rings is 1. The van der Waals surface area contributed by atoms with Gasteiger partial charge in [0.1, 0.15) is 15.8 Å². The lowest BCUT2D eigenvalue weighted by molar-refractivity contribution is -0.133. The number of thiocarbonyl (C=S) groups is 1. The normalized spacial score (nSPS) is 19.0. The van der Waals surface area contributed by atoms with Crippen molar-refractivity contribution >= 4 is 62.1 Å². The standard InChI is InChI=1S/C22H22BrN3O3S2/c1-24-10-12-25(13-11-24)20(27)8-9-26-21(28)19(31-22(26)30)14-17-6-7-18(29-17)15-2-4-16(23)5-3-15/h2-7,14H,8-13H2,1H3. The van der Waals surface area contributed by atoms with Gasteiger partial charge in [-0.2, -0.15) is 0 Å². The highest BCUT2D eigenvalue weighted by atomic mass is 79.9. The number of likely N-dealkylation sites (N-methyl/N-ethyl adjacent to an activating group) is 1. The largest absolute Gasteiger partial charge is 0.457 e. The smallest absolute Gasteiger partial charge is 0.266 e. The van der Waals surface area contributed by atoms with E-state index in [4.69, 9.17) is 16.6 Å². The number of furan rings is 1. The van der Waals surface area contributed by atoms with Crippen LogP contribution in [0.15, 0.2) is 50.2 Å². The average molecular weight is 520 g/mol. The molecule has 0 unspecified atom stereocenters. The van der Waals surface area contributed by atoms with E-state index in [0.717, 1.165) is 42.0 Å². The second kappa shape index (κ2) is 9.68. The van der Waals surface area contributed by atoms with Crippen molar-refractivity contribution in [1.29, 1.82) is 0 Å². The van der Waals surface area contributed by atoms with E-state index >= 15 is 0 Å². The first-order valence-corrected chi connectivity index (χ1v) is 12.0. The molecule has 0 aliphatic carbocycles. The maximum Gasteiger partial charge on any atom is 0.266 e. The average Bonchev–Trinajstić information content (AvgIpc) is 3.32. The van der Waals surface area contributed by atoms with E-state index < -0.39 is 0 Å². The van der Waals surface area contributed by atoms with Gasteiger partial charge in [0, 0.05) is 55.3 Å². The predicted molar refractivity (Wildman–Crippen MR) is 130 cm³/mol. The third kappa shape index (κ3) is 5.28. The molecule has 0 saturated carbocycles. The maximum atomic E-state index is 12.8. The fourth-order valence-electron chi connectivity index (χ4n) is 3.44. The molecule has 2 aromatic rings. The summed E-state index contributed by atoms with van der Waals surface area (Å²) in [5.74, 6) is 1.21. The minimum atomic E-state index is -0.178. The highest BCUT2D eigenvalue weighted by Gasteiger charge is 2.33. The van der Waals surface area contributed by atoms with Gasteiger partial charge in [-0.25, -0.2) is 0 Å². The molecule has 0 spiro atoms. The van der Waals surface area contributed by atoms with Crippen LogP contribution in [0.1, 0.15) is 12.2 Å². The molecule has 0 bridgehead atoms. The maximum absolute atomic E-state index is 12.8. The number of carbonyl (C=O) groups excluding carboxylic acids is 2. The lowest BCUT2D eigenvalue weighted by Crippen LogP contribution is -2.47. The van der Waals surface area contributed by atoms with Gasteiger partial charge in [0.05, 0.1) is 4.91 Å². The van der Waals surface area contributed by atoms with E-state index in [1.165, 1.54) is 16.7 Å². The van der Waals surface area contributed by atoms with Crippen molar-refractivity contribution in [1.82, 2.24) is 14.7 Å². The second-order valence-corrected chi connectivity index (χ2v) is 10.1. The number of nitrogens with zero attached hydrogens (tertiary/aromatic N) is 3. The minimum absolute atomic E-state index is 0.0660. The second-order valence-electron chi connectivity index (χ2n) is 7.48. The number of hydrogen-bond donors (Lipinski definition) is 0. The topological polar surface area (TPSA) is 57.0 Å². The van der Waals surface area contributed by atoms with E-state index in [1.807, 2.05) is 41.3 Å². The summed E-state index contributed by atoms with van der Waals surface area (Å²) in [5.41, 5.74) is 0.956. The fourth-order valence-corrected chi connectivity index (χ4v) is 5.00. The van der Waals surface area contributed by atoms with E-state index in [0.29, 0.717) is 21.5 Å². The molecular formula is C22H22BrN3O3S2. The molecule has 0 radical (unpaired) electrons. The van der Waals surface area contributed by atoms with E-state index in [1.54, 1.807) is 6.08 Å². The molecule has 31 heavy (non-hydrogen) atoms. The molecule has 1 aromatic carbocycles. The van der Waals surface area contributed by atoms with Crippen LogP contribution in [0.25, 0.3) is 17.4 Å². The number of benzene rings is 1. The fraction of sp³-hybridized carbons (Fsp3) is 0.318. The van der Waals surface area contributed by atoms with Gasteiger partial charge in [-0.15, -0.1) is 0 Å². The SMILES string of the molecule is CN1CCN(C(=O)CCN2C(=O)C(=Cc3ccc(-c4ccc(Br)cc4)o3)SC2=S)CC1. The van der Waals surface area contributed by atoms with Gasteiger partial charge in [-0.05, 0) is 31.3 Å². The van der Waals surface area contributed by atoms with Crippen molar-refractivity contribution in [3.05, 3.63) is 51.5 Å². The number of hydrogen-bond acceptors (Lipinski definition) is 6. The van der Waals surface area contributed by atoms with Crippen LogP contribution in [-0.4, -0.2) is 70.6 Å². The highest BCUT2D eigenvalue weighted by molar-refractivity contribution is 9.10. The Bertz CT molecular complexity index is 1030. The van der Waals surface area contributed by atoms with Gasteiger partial charge < -0.3 is 14.2 Å². The Kier molecular flexibility index (Phi) is 6.95. The van der Waals surface area contributed by atoms with Crippen LogP contribution in [0.4, 0.5) is 0 Å². The van der Waals surface area contributed by atoms with Gasteiger partial charge in [-0.1, -0.05) is 52.0 Å². The number of thioether (sulfide) groups is 1. The summed E-state index contributed by atoms with van der Waals surface area (Å²) in [7, 11) is 2.05. The molecule has 3 heterocycles. The van der Waals surface area contributed by atoms with Crippen LogP contribution in [0.3, 0.4) is 0 Å². The van der Waals surface area contributed by atoms with Crippen LogP contribution in [-0.2, 0) is 9.59 Å². The van der Waals surface area contributed by atoms with Gasteiger partial charge in [0.25, 0.3) is 5.91 Å². The zero-order chi connectivity index (χ0) is 22.0. The van der Waals surface area contributed by atoms with Crippen molar-refractivity contribution in [2.75, 3.05) is 39.8 Å². The zero-order valence-corrected chi connectivity index (χ0v) is 20.3. The molecule has 6 nitrogen and oxygen atoms in total. The lowest BCUT2D eigenvalue weighted by Gasteiger charge is -2.32. The quantitative estimate of drug-likeness (QED) is 0.438. The summed E-state index contributed by atoms with van der Waals surface area (Å²) < 4.78 is 7.36. The highest BCUT2D eigenvalue weighted by Crippen LogP contribution is 2.34. The van der Waals surface area contributed by atoms with Crippen LogP contribution >= 0.6 is 39.9 Å². The van der Waals surface area contributed by atoms with Gasteiger partial charge >= 0.3 is 0 Å². The molecule has 2 saturated heterocycles. The third-order valence-corrected chi connectivity index (χ3v) is 7.21. The number of amides is 2. The Morgan fingerprint density at radius 1 is 1.16 bits per heavy atom. The monoisotopic (exact) mass is 519 g/mol. The molecule has 2 aliphatic heterocycles. The third-order valence-electron chi connectivity index (χ3n) is 5.31. The lowest BCUT2D eigenvalue weighted by atomic mass is 10.2. The van der Waals surface area contributed by atoms with Crippen molar-refractivity contribution in [2.45, 2.75) is 6.42 Å². The molecule has 2 fully saturated rings. The molecule has 2 amide bonds. The number of rotatable bonds is 5. The Labute approximate surface area is 199 Å². The Morgan fingerprint density at radius 3 is 2.58 bits per heavy atom. The van der Waals surface area contributed by atoms with Crippen molar-refractivity contribution in [3.8, 4) is 11.3 Å². The summed E-state index contributed by atoms with van der Waals surface area (Å²) >= 11 is 10.1. The molecular weight excluding hydrogens is 498 g/mol. The van der Waals surface area contributed by atoms with Gasteiger partial charge in [-0.3, -0.25) is 14.5 Å². The van der Waals surface area contributed by atoms with Crippen molar-refractivity contribution in [3.63, 3.8) is 0 Å². The first-order chi connectivity index (χ1) is 14.9. The van der Waals surface area contributed by atoms with Crippen LogP contribution in [0.2, 0.25) is 0 Å². The number of carbonyl (C=O) groups is 2. The van der Waals surface area contributed by atoms with E-state index in [9.17, 15) is 9.59 Å². The summed E-state index contributed by atoms with van der Waals surface area (Å²) in [6.07, 6.45) is 1.99. The molecule has 4 rings (SSSR count). The Balaban J connectivity index is 1.38. The van der Waals surface area contributed by atoms with E-state index in [-0.39, 0.29) is 18.2 Å². The molecule has 0 atom stereocenters. The van der Waals surface area contributed by atoms with Crippen LogP contribution in [0, 0.1) is 0 Å². The van der Waals surface area contributed by atoms with Crippen LogP contribution < -0.4 is 0 Å². The van der Waals surface area contributed by atoms with E-state index in [2.05, 4.69) is 27.9 Å². The minimum Gasteiger partial charge on any atom is -0.457 e. The summed E-state index contributed by atoms with van der Waals surface area (Å²) in [6.45, 7) is 3.51. The molecule has 1 aromatic heterocycles. The molecule has 0 N–H and O–H groups in total. The Hall–Kier alpha value is -1.94. The first kappa shape index (κ1) is 22.3. The predicted octanol–water partition coefficient (Wildman–Crippen LogP) is 4.07. The molecule has 162 valence electrons. The summed E-state index contributed by atoms with van der Waals surface area (Å²) in [5, 5.41) is 0. The zero-order valence-electron chi connectivity index (χ0n) is 17.0. The van der Waals surface area contributed by atoms with Crippen molar-refractivity contribution < 1.29 is 14.0 Å². The van der Waals surface area contributed by atoms with Crippen LogP contribution in [0.5, 0.6) is 0 Å². The van der Waals surface area contributed by atoms with Gasteiger partial charge in [0.15, 0.2) is 0 Å². The number of halogens is 1. The summed E-state index contributed by atoms with van der Waals surface area (Å²) in [6, 6.07) is 11.5. The first-order valence-electron chi connectivity index (χ1n) is 9.98. The molecule has 9 heteroatoms. The van der Waals surface area contributed by atoms with Crippen molar-refractivity contribution in [2.24, 2.45) is 0 Å². The molecule has 2 aliphatic rings. The van der Waals surface area contributed by atoms with Gasteiger partial charge in [0.2, 0.25) is 5.91 Å². The Morgan fingerprint density at radius 2 is 1.87 bits per heavy atom. The summed E-state index contributed by atoms with van der Waals surface area (Å²) in [4.78, 5) is 31.4.